The van der Waals surface area contributed by atoms with Crippen LogP contribution in [0.3, 0.4) is 0 Å². The van der Waals surface area contributed by atoms with E-state index >= 15 is 0 Å². The largest absolute Gasteiger partial charge is 0.394 e. The minimum atomic E-state index is -1.21. The Morgan fingerprint density at radius 1 is 1.17 bits per heavy atom. The maximum Gasteiger partial charge on any atom is 0.253 e. The van der Waals surface area contributed by atoms with Crippen molar-refractivity contribution in [1.29, 1.82) is 0 Å². The number of rotatable bonds is 13. The molecule has 1 aromatic rings. The van der Waals surface area contributed by atoms with Crippen LogP contribution in [0.15, 0.2) is 49.6 Å². The van der Waals surface area contributed by atoms with Crippen LogP contribution < -0.4 is 4.90 Å². The predicted octanol–water partition coefficient (Wildman–Crippen LogP) is 4.46. The Labute approximate surface area is 248 Å². The van der Waals surface area contributed by atoms with Crippen LogP contribution in [0.5, 0.6) is 0 Å². The number of hydrogen-bond donors (Lipinski definition) is 1. The van der Waals surface area contributed by atoms with E-state index < -0.39 is 35.1 Å². The number of likely N-dealkylation sites (tertiary alicyclic amines) is 1. The quantitative estimate of drug-likeness (QED) is 0.345. The monoisotopic (exact) mass is 585 g/mol. The molecule has 1 N–H and O–H groups in total. The Kier molecular flexibility index (Phi) is 9.36. The Balaban J connectivity index is 1.90. The molecule has 3 heterocycles. The van der Waals surface area contributed by atoms with Gasteiger partial charge in [-0.1, -0.05) is 63.6 Å². The van der Waals surface area contributed by atoms with Crippen molar-refractivity contribution in [3.8, 4) is 0 Å². The van der Waals surface area contributed by atoms with Gasteiger partial charge in [0.15, 0.2) is 0 Å². The molecule has 1 spiro atoms. The summed E-state index contributed by atoms with van der Waals surface area (Å²) >= 11 is 6.56. The molecule has 3 aliphatic heterocycles. The first kappa shape index (κ1) is 31.3. The number of anilines is 1. The van der Waals surface area contributed by atoms with Crippen molar-refractivity contribution in [1.82, 2.24) is 9.80 Å². The van der Waals surface area contributed by atoms with E-state index in [1.54, 1.807) is 41.3 Å². The normalized spacial score (nSPS) is 29.0. The van der Waals surface area contributed by atoms with E-state index in [9.17, 15) is 19.5 Å². The van der Waals surface area contributed by atoms with Crippen LogP contribution in [-0.2, 0) is 19.1 Å². The van der Waals surface area contributed by atoms with Crippen molar-refractivity contribution >= 4 is 35.0 Å². The molecule has 2 unspecified atom stereocenters. The van der Waals surface area contributed by atoms with Crippen LogP contribution in [-0.4, -0.2) is 82.2 Å². The molecule has 9 heteroatoms. The summed E-state index contributed by atoms with van der Waals surface area (Å²) in [5, 5.41) is 10.9. The standard InChI is InChI=1S/C32H44ClN3O5/c1-7-17-34(18-8-2)28(38)25-26-29(39)36(24(20-37)21(5)6)27(32(26)16-15-31(25,10-4)41-32)30(40)35(19-9-3)23-14-12-11-13-22(23)33/h7,9,11-14,21,24-27,37H,1,3,8,10,15-20H2,2,4-6H3/t24-,25-,26-,27?,31+,32?/m0/s1. The minimum absolute atomic E-state index is 0.138. The summed E-state index contributed by atoms with van der Waals surface area (Å²) in [5.74, 6) is -2.53. The Morgan fingerprint density at radius 3 is 2.41 bits per heavy atom. The van der Waals surface area contributed by atoms with Crippen molar-refractivity contribution in [2.75, 3.05) is 31.1 Å². The lowest BCUT2D eigenvalue weighted by Gasteiger charge is -2.41. The van der Waals surface area contributed by atoms with Crippen molar-refractivity contribution in [3.05, 3.63) is 54.6 Å². The van der Waals surface area contributed by atoms with E-state index in [1.165, 1.54) is 9.80 Å². The molecule has 4 rings (SSSR count). The fourth-order valence-electron chi connectivity index (χ4n) is 7.46. The summed E-state index contributed by atoms with van der Waals surface area (Å²) in [5.41, 5.74) is -1.56. The minimum Gasteiger partial charge on any atom is -0.394 e. The van der Waals surface area contributed by atoms with Gasteiger partial charge < -0.3 is 24.5 Å². The van der Waals surface area contributed by atoms with Crippen molar-refractivity contribution in [2.24, 2.45) is 17.8 Å². The summed E-state index contributed by atoms with van der Waals surface area (Å²) in [4.78, 5) is 48.5. The van der Waals surface area contributed by atoms with Gasteiger partial charge in [-0.3, -0.25) is 14.4 Å². The maximum atomic E-state index is 14.8. The first-order valence-electron chi connectivity index (χ1n) is 14.8. The van der Waals surface area contributed by atoms with E-state index in [0.717, 1.165) is 6.42 Å². The molecule has 3 amide bonds. The Bertz CT molecular complexity index is 1190. The number of aliphatic hydroxyl groups is 1. The second-order valence-corrected chi connectivity index (χ2v) is 12.2. The first-order chi connectivity index (χ1) is 19.6. The van der Waals surface area contributed by atoms with Gasteiger partial charge in [0.2, 0.25) is 11.8 Å². The summed E-state index contributed by atoms with van der Waals surface area (Å²) in [6, 6.07) is 5.39. The third kappa shape index (κ3) is 4.92. The Morgan fingerprint density at radius 2 is 1.85 bits per heavy atom. The molecule has 8 nitrogen and oxygen atoms in total. The number of nitrogens with zero attached hydrogens (tertiary/aromatic N) is 3. The van der Waals surface area contributed by atoms with Gasteiger partial charge in [-0.05, 0) is 43.7 Å². The van der Waals surface area contributed by atoms with Gasteiger partial charge in [0.25, 0.3) is 5.91 Å². The molecule has 6 atom stereocenters. The zero-order valence-electron chi connectivity index (χ0n) is 24.7. The molecule has 3 aliphatic rings. The molecule has 3 saturated heterocycles. The highest BCUT2D eigenvalue weighted by Gasteiger charge is 2.79. The molecular weight excluding hydrogens is 542 g/mol. The number of fused-ring (bicyclic) bond motifs is 1. The van der Waals surface area contributed by atoms with E-state index in [-0.39, 0.29) is 36.8 Å². The summed E-state index contributed by atoms with van der Waals surface area (Å²) < 4.78 is 6.94. The topological polar surface area (TPSA) is 90.4 Å². The molecular formula is C32H44ClN3O5. The lowest BCUT2D eigenvalue weighted by Crippen LogP contribution is -2.60. The predicted molar refractivity (Wildman–Crippen MR) is 160 cm³/mol. The summed E-state index contributed by atoms with van der Waals surface area (Å²) in [6.07, 6.45) is 5.64. The zero-order valence-corrected chi connectivity index (χ0v) is 25.5. The highest BCUT2D eigenvalue weighted by Crippen LogP contribution is 2.65. The lowest BCUT2D eigenvalue weighted by atomic mass is 9.64. The fourth-order valence-corrected chi connectivity index (χ4v) is 7.69. The maximum absolute atomic E-state index is 14.8. The van der Waals surface area contributed by atoms with Crippen LogP contribution in [0.25, 0.3) is 0 Å². The van der Waals surface area contributed by atoms with Crippen LogP contribution in [0.1, 0.15) is 53.4 Å². The van der Waals surface area contributed by atoms with E-state index in [2.05, 4.69) is 13.2 Å². The Hall–Kier alpha value is -2.68. The number of carbonyl (C=O) groups is 3. The molecule has 224 valence electrons. The molecule has 41 heavy (non-hydrogen) atoms. The second-order valence-electron chi connectivity index (χ2n) is 11.8. The molecule has 3 fully saturated rings. The van der Waals surface area contributed by atoms with Crippen LogP contribution in [0, 0.1) is 17.8 Å². The number of benzene rings is 1. The number of carbonyl (C=O) groups excluding carboxylic acids is 3. The number of halogens is 1. The molecule has 0 aromatic heterocycles. The molecule has 0 saturated carbocycles. The van der Waals surface area contributed by atoms with Crippen molar-refractivity contribution in [3.63, 3.8) is 0 Å². The SMILES string of the molecule is C=CCN(CCC)C(=O)[C@@H]1[C@H]2C(=O)N([C@@H](CO)C(C)C)C(C(=O)N(CC=C)c3ccccc3Cl)C23CC[C@@]1(CC)O3. The van der Waals surface area contributed by atoms with E-state index in [0.29, 0.717) is 43.1 Å². The number of hydrogen-bond acceptors (Lipinski definition) is 5. The van der Waals surface area contributed by atoms with Crippen LogP contribution in [0.4, 0.5) is 5.69 Å². The van der Waals surface area contributed by atoms with Gasteiger partial charge in [0, 0.05) is 19.6 Å². The highest BCUT2D eigenvalue weighted by molar-refractivity contribution is 6.34. The number of amides is 3. The zero-order chi connectivity index (χ0) is 30.1. The van der Waals surface area contributed by atoms with Crippen LogP contribution >= 0.6 is 11.6 Å². The highest BCUT2D eigenvalue weighted by atomic mass is 35.5. The van der Waals surface area contributed by atoms with Crippen LogP contribution in [0.2, 0.25) is 5.02 Å². The van der Waals surface area contributed by atoms with Crippen molar-refractivity contribution < 1.29 is 24.2 Å². The fraction of sp³-hybridized carbons (Fsp3) is 0.594. The van der Waals surface area contributed by atoms with Gasteiger partial charge in [0.1, 0.15) is 11.6 Å². The van der Waals surface area contributed by atoms with Gasteiger partial charge in [-0.2, -0.15) is 0 Å². The third-order valence-electron chi connectivity index (χ3n) is 9.31. The lowest BCUT2D eigenvalue weighted by molar-refractivity contribution is -0.154. The van der Waals surface area contributed by atoms with Gasteiger partial charge in [0.05, 0.1) is 40.8 Å². The second kappa shape index (κ2) is 12.3. The van der Waals surface area contributed by atoms with Gasteiger partial charge >= 0.3 is 0 Å². The van der Waals surface area contributed by atoms with E-state index in [1.807, 2.05) is 27.7 Å². The summed E-state index contributed by atoms with van der Waals surface area (Å²) in [6.45, 7) is 16.3. The summed E-state index contributed by atoms with van der Waals surface area (Å²) in [7, 11) is 0. The molecule has 1 aromatic carbocycles. The van der Waals surface area contributed by atoms with Gasteiger partial charge in [-0.25, -0.2) is 0 Å². The number of aliphatic hydroxyl groups excluding tert-OH is 1. The van der Waals surface area contributed by atoms with Crippen molar-refractivity contribution in [2.45, 2.75) is 76.7 Å². The first-order valence-corrected chi connectivity index (χ1v) is 15.2. The third-order valence-corrected chi connectivity index (χ3v) is 9.63. The molecule has 2 bridgehead atoms. The molecule has 0 radical (unpaired) electrons. The average molecular weight is 586 g/mol. The van der Waals surface area contributed by atoms with Gasteiger partial charge in [-0.15, -0.1) is 13.2 Å². The number of para-hydroxylation sites is 1. The average Bonchev–Trinajstić information content (AvgIpc) is 3.55. The number of ether oxygens (including phenoxy) is 1. The smallest absolute Gasteiger partial charge is 0.253 e. The molecule has 0 aliphatic carbocycles. The van der Waals surface area contributed by atoms with E-state index in [4.69, 9.17) is 16.3 Å².